The summed E-state index contributed by atoms with van der Waals surface area (Å²) < 4.78 is 0. The topological polar surface area (TPSA) is 37.8 Å². The molecule has 1 aromatic heterocycles. The quantitative estimate of drug-likeness (QED) is 0.722. The molecule has 1 fully saturated rings. The molecule has 0 radical (unpaired) electrons. The van der Waals surface area contributed by atoms with Gasteiger partial charge in [-0.15, -0.1) is 0 Å². The molecule has 1 heterocycles. The second kappa shape index (κ2) is 2.73. The molecule has 12 heavy (non-hydrogen) atoms. The van der Waals surface area contributed by atoms with Gasteiger partial charge in [0.1, 0.15) is 5.82 Å². The van der Waals surface area contributed by atoms with Crippen LogP contribution >= 0.6 is 0 Å². The largest absolute Gasteiger partial charge is 0.364 e. The highest BCUT2D eigenvalue weighted by Gasteiger charge is 2.31. The van der Waals surface area contributed by atoms with Gasteiger partial charge in [0, 0.05) is 17.9 Å². The first-order valence-corrected chi connectivity index (χ1v) is 4.33. The van der Waals surface area contributed by atoms with Gasteiger partial charge in [0.25, 0.3) is 0 Å². The SMILES string of the molecule is CC1(Nc2cnccn2)CCC1. The number of aromatic nitrogens is 2. The molecule has 0 saturated heterocycles. The Bertz CT molecular complexity index is 254. The lowest BCUT2D eigenvalue weighted by Crippen LogP contribution is -2.41. The third-order valence-electron chi connectivity index (χ3n) is 2.45. The van der Waals surface area contributed by atoms with E-state index in [1.54, 1.807) is 18.6 Å². The molecule has 1 N–H and O–H groups in total. The fraction of sp³-hybridized carbons (Fsp3) is 0.556. The lowest BCUT2D eigenvalue weighted by atomic mass is 9.78. The summed E-state index contributed by atoms with van der Waals surface area (Å²) in [4.78, 5) is 8.17. The van der Waals surface area contributed by atoms with Crippen LogP contribution in [0.5, 0.6) is 0 Å². The van der Waals surface area contributed by atoms with Crippen molar-refractivity contribution in [2.45, 2.75) is 31.7 Å². The smallest absolute Gasteiger partial charge is 0.144 e. The van der Waals surface area contributed by atoms with Crippen molar-refractivity contribution in [1.82, 2.24) is 9.97 Å². The Kier molecular flexibility index (Phi) is 1.71. The predicted molar refractivity (Wildman–Crippen MR) is 47.9 cm³/mol. The molecule has 0 unspecified atom stereocenters. The first-order valence-electron chi connectivity index (χ1n) is 4.33. The molecule has 3 nitrogen and oxygen atoms in total. The van der Waals surface area contributed by atoms with Gasteiger partial charge in [0.2, 0.25) is 0 Å². The third-order valence-corrected chi connectivity index (χ3v) is 2.45. The van der Waals surface area contributed by atoms with E-state index in [9.17, 15) is 0 Å². The van der Waals surface area contributed by atoms with Crippen LogP contribution in [0.15, 0.2) is 18.6 Å². The maximum absolute atomic E-state index is 4.17. The second-order valence-corrected chi connectivity index (χ2v) is 3.63. The molecular weight excluding hydrogens is 150 g/mol. The zero-order valence-corrected chi connectivity index (χ0v) is 7.25. The molecule has 1 aliphatic rings. The van der Waals surface area contributed by atoms with Gasteiger partial charge in [0.15, 0.2) is 0 Å². The van der Waals surface area contributed by atoms with Crippen LogP contribution in [0.3, 0.4) is 0 Å². The van der Waals surface area contributed by atoms with Gasteiger partial charge < -0.3 is 5.32 Å². The van der Waals surface area contributed by atoms with Crippen molar-refractivity contribution in [2.24, 2.45) is 0 Å². The van der Waals surface area contributed by atoms with Gasteiger partial charge in [-0.3, -0.25) is 4.98 Å². The first kappa shape index (κ1) is 7.53. The normalized spacial score (nSPS) is 19.8. The van der Waals surface area contributed by atoms with Crippen LogP contribution in [0.4, 0.5) is 5.82 Å². The van der Waals surface area contributed by atoms with Gasteiger partial charge in [-0.1, -0.05) is 0 Å². The maximum atomic E-state index is 4.17. The van der Waals surface area contributed by atoms with E-state index >= 15 is 0 Å². The zero-order valence-electron chi connectivity index (χ0n) is 7.25. The van der Waals surface area contributed by atoms with Crippen LogP contribution in [0.1, 0.15) is 26.2 Å². The summed E-state index contributed by atoms with van der Waals surface area (Å²) >= 11 is 0. The van der Waals surface area contributed by atoms with E-state index < -0.39 is 0 Å². The molecule has 1 aliphatic carbocycles. The standard InChI is InChI=1S/C9H13N3/c1-9(3-2-4-9)12-8-7-10-5-6-11-8/h5-7H,2-4H2,1H3,(H,11,12). The van der Waals surface area contributed by atoms with Gasteiger partial charge in [-0.05, 0) is 26.2 Å². The first-order chi connectivity index (χ1) is 5.79. The molecular formula is C9H13N3. The lowest BCUT2D eigenvalue weighted by Gasteiger charge is -2.39. The van der Waals surface area contributed by atoms with Crippen LogP contribution in [0.2, 0.25) is 0 Å². The van der Waals surface area contributed by atoms with Crippen LogP contribution in [0.25, 0.3) is 0 Å². The lowest BCUT2D eigenvalue weighted by molar-refractivity contribution is 0.305. The molecule has 3 heteroatoms. The Hall–Kier alpha value is -1.12. The number of hydrogen-bond acceptors (Lipinski definition) is 3. The highest BCUT2D eigenvalue weighted by atomic mass is 15.1. The molecule has 0 aliphatic heterocycles. The number of anilines is 1. The predicted octanol–water partition coefficient (Wildman–Crippen LogP) is 1.83. The minimum atomic E-state index is 0.274. The highest BCUT2D eigenvalue weighted by molar-refractivity contribution is 5.34. The van der Waals surface area contributed by atoms with Crippen molar-refractivity contribution in [3.05, 3.63) is 18.6 Å². The second-order valence-electron chi connectivity index (χ2n) is 3.63. The van der Waals surface area contributed by atoms with Crippen LogP contribution in [-0.2, 0) is 0 Å². The van der Waals surface area contributed by atoms with Gasteiger partial charge in [-0.2, -0.15) is 0 Å². The van der Waals surface area contributed by atoms with Crippen molar-refractivity contribution in [2.75, 3.05) is 5.32 Å². The summed E-state index contributed by atoms with van der Waals surface area (Å²) in [5.41, 5.74) is 0.274. The molecule has 2 rings (SSSR count). The van der Waals surface area contributed by atoms with Gasteiger partial charge in [0.05, 0.1) is 6.20 Å². The minimum Gasteiger partial charge on any atom is -0.364 e. The molecule has 0 spiro atoms. The molecule has 1 saturated carbocycles. The van der Waals surface area contributed by atoms with E-state index in [1.807, 2.05) is 0 Å². The van der Waals surface area contributed by atoms with Crippen LogP contribution in [-0.4, -0.2) is 15.5 Å². The molecule has 64 valence electrons. The van der Waals surface area contributed by atoms with Crippen molar-refractivity contribution >= 4 is 5.82 Å². The summed E-state index contributed by atoms with van der Waals surface area (Å²) in [7, 11) is 0. The van der Waals surface area contributed by atoms with E-state index in [4.69, 9.17) is 0 Å². The summed E-state index contributed by atoms with van der Waals surface area (Å²) in [6, 6.07) is 0. The van der Waals surface area contributed by atoms with Crippen LogP contribution in [0, 0.1) is 0 Å². The van der Waals surface area contributed by atoms with Gasteiger partial charge >= 0.3 is 0 Å². The Morgan fingerprint density at radius 1 is 1.42 bits per heavy atom. The van der Waals surface area contributed by atoms with E-state index in [-0.39, 0.29) is 5.54 Å². The molecule has 0 amide bonds. The average molecular weight is 163 g/mol. The van der Waals surface area contributed by atoms with Crippen molar-refractivity contribution in [3.8, 4) is 0 Å². The third kappa shape index (κ3) is 1.40. The average Bonchev–Trinajstić information content (AvgIpc) is 2.04. The van der Waals surface area contributed by atoms with Gasteiger partial charge in [-0.25, -0.2) is 4.98 Å². The van der Waals surface area contributed by atoms with E-state index in [1.165, 1.54) is 19.3 Å². The summed E-state index contributed by atoms with van der Waals surface area (Å²) in [6.07, 6.45) is 8.97. The monoisotopic (exact) mass is 163 g/mol. The van der Waals surface area contributed by atoms with E-state index in [2.05, 4.69) is 22.2 Å². The minimum absolute atomic E-state index is 0.274. The number of nitrogens with zero attached hydrogens (tertiary/aromatic N) is 2. The zero-order chi connectivity index (χ0) is 8.44. The summed E-state index contributed by atoms with van der Waals surface area (Å²) in [6.45, 7) is 2.23. The van der Waals surface area contributed by atoms with Crippen molar-refractivity contribution in [1.29, 1.82) is 0 Å². The van der Waals surface area contributed by atoms with E-state index in [0.29, 0.717) is 0 Å². The number of nitrogens with one attached hydrogen (secondary N) is 1. The fourth-order valence-corrected chi connectivity index (χ4v) is 1.50. The summed E-state index contributed by atoms with van der Waals surface area (Å²) in [5.74, 6) is 0.889. The van der Waals surface area contributed by atoms with E-state index in [0.717, 1.165) is 5.82 Å². The molecule has 0 aromatic carbocycles. The molecule has 1 aromatic rings. The number of hydrogen-bond donors (Lipinski definition) is 1. The summed E-state index contributed by atoms with van der Waals surface area (Å²) in [5, 5.41) is 3.38. The molecule has 0 bridgehead atoms. The molecule has 0 atom stereocenters. The highest BCUT2D eigenvalue weighted by Crippen LogP contribution is 2.33. The fourth-order valence-electron chi connectivity index (χ4n) is 1.50. The Labute approximate surface area is 72.2 Å². The van der Waals surface area contributed by atoms with Crippen LogP contribution < -0.4 is 5.32 Å². The van der Waals surface area contributed by atoms with Crippen molar-refractivity contribution in [3.63, 3.8) is 0 Å². The van der Waals surface area contributed by atoms with Crippen molar-refractivity contribution < 1.29 is 0 Å². The Morgan fingerprint density at radius 3 is 2.75 bits per heavy atom. The number of rotatable bonds is 2. The Balaban J connectivity index is 2.04. The Morgan fingerprint density at radius 2 is 2.25 bits per heavy atom. The maximum Gasteiger partial charge on any atom is 0.144 e.